The lowest BCUT2D eigenvalue weighted by Crippen LogP contribution is -2.45. The molecule has 1 aromatic rings. The lowest BCUT2D eigenvalue weighted by Gasteiger charge is -2.24. The molecule has 0 unspecified atom stereocenters. The van der Waals surface area contributed by atoms with Crippen molar-refractivity contribution < 1.29 is 18.3 Å². The minimum Gasteiger partial charge on any atom is -0.480 e. The normalized spacial score (nSPS) is 31.0. The van der Waals surface area contributed by atoms with Crippen LogP contribution in [0, 0.1) is 5.92 Å². The lowest BCUT2D eigenvalue weighted by atomic mass is 10.2. The molecule has 1 saturated carbocycles. The molecule has 1 heterocycles. The van der Waals surface area contributed by atoms with Gasteiger partial charge in [0.1, 0.15) is 5.54 Å². The van der Waals surface area contributed by atoms with Crippen LogP contribution in [0.1, 0.15) is 12.8 Å². The number of hydrogen-bond donors (Lipinski definition) is 1. The first-order chi connectivity index (χ1) is 8.49. The molecule has 0 aromatic heterocycles. The molecule has 96 valence electrons. The van der Waals surface area contributed by atoms with Crippen LogP contribution in [-0.4, -0.2) is 35.9 Å². The molecule has 1 saturated heterocycles. The van der Waals surface area contributed by atoms with Crippen molar-refractivity contribution in [3.63, 3.8) is 0 Å². The van der Waals surface area contributed by atoms with Crippen molar-refractivity contribution in [3.8, 4) is 0 Å². The molecule has 0 amide bonds. The molecular weight excluding hydrogens is 254 g/mol. The lowest BCUT2D eigenvalue weighted by molar-refractivity contribution is -0.142. The van der Waals surface area contributed by atoms with Crippen LogP contribution in [0.15, 0.2) is 35.2 Å². The molecule has 2 aliphatic rings. The Bertz CT molecular complexity index is 598. The first kappa shape index (κ1) is 11.7. The van der Waals surface area contributed by atoms with Crippen molar-refractivity contribution in [2.45, 2.75) is 23.3 Å². The van der Waals surface area contributed by atoms with Crippen LogP contribution in [0.2, 0.25) is 0 Å². The zero-order valence-corrected chi connectivity index (χ0v) is 10.4. The first-order valence-corrected chi connectivity index (χ1v) is 7.25. The van der Waals surface area contributed by atoms with Crippen LogP contribution in [0.5, 0.6) is 0 Å². The van der Waals surface area contributed by atoms with Crippen LogP contribution in [0.4, 0.5) is 0 Å². The smallest absolute Gasteiger partial charge is 0.325 e. The van der Waals surface area contributed by atoms with E-state index in [1.807, 2.05) is 0 Å². The minimum absolute atomic E-state index is 0.0199. The van der Waals surface area contributed by atoms with Gasteiger partial charge in [0.25, 0.3) is 0 Å². The fraction of sp³-hybridized carbons (Fsp3) is 0.417. The zero-order chi connectivity index (χ0) is 13.0. The van der Waals surface area contributed by atoms with E-state index in [0.29, 0.717) is 19.4 Å². The average molecular weight is 267 g/mol. The van der Waals surface area contributed by atoms with E-state index in [0.717, 1.165) is 0 Å². The molecule has 1 aromatic carbocycles. The number of benzene rings is 1. The quantitative estimate of drug-likeness (QED) is 0.883. The van der Waals surface area contributed by atoms with E-state index in [9.17, 15) is 18.3 Å². The van der Waals surface area contributed by atoms with E-state index in [2.05, 4.69) is 0 Å². The number of fused-ring (bicyclic) bond motifs is 1. The molecule has 0 bridgehead atoms. The standard InChI is InChI=1S/C12H13NO4S/c14-11(15)12-8-9(12)6-7-13(12)18(16,17)10-4-2-1-3-5-10/h1-5,9H,6-8H2,(H,14,15)/t9-,12-/m0/s1. The topological polar surface area (TPSA) is 74.7 Å². The van der Waals surface area contributed by atoms with Crippen molar-refractivity contribution in [2.24, 2.45) is 5.92 Å². The SMILES string of the molecule is O=C(O)[C@]12C[C@@H]1CCN2S(=O)(=O)c1ccccc1. The summed E-state index contributed by atoms with van der Waals surface area (Å²) in [5, 5.41) is 9.29. The number of carboxylic acid groups (broad SMARTS) is 1. The Labute approximate surface area is 105 Å². The van der Waals surface area contributed by atoms with Gasteiger partial charge in [0, 0.05) is 6.54 Å². The summed E-state index contributed by atoms with van der Waals surface area (Å²) >= 11 is 0. The van der Waals surface area contributed by atoms with Crippen LogP contribution in [0.3, 0.4) is 0 Å². The predicted molar refractivity (Wildman–Crippen MR) is 63.4 cm³/mol. The molecule has 2 atom stereocenters. The maximum atomic E-state index is 12.4. The van der Waals surface area contributed by atoms with Crippen molar-refractivity contribution in [3.05, 3.63) is 30.3 Å². The highest BCUT2D eigenvalue weighted by Crippen LogP contribution is 2.57. The van der Waals surface area contributed by atoms with E-state index < -0.39 is 21.5 Å². The largest absolute Gasteiger partial charge is 0.480 e. The van der Waals surface area contributed by atoms with Gasteiger partial charge in [-0.2, -0.15) is 4.31 Å². The third-order valence-electron chi connectivity index (χ3n) is 3.90. The summed E-state index contributed by atoms with van der Waals surface area (Å²) < 4.78 is 26.1. The summed E-state index contributed by atoms with van der Waals surface area (Å²) in [5.41, 5.74) is -1.17. The highest BCUT2D eigenvalue weighted by molar-refractivity contribution is 7.89. The van der Waals surface area contributed by atoms with Gasteiger partial charge in [-0.3, -0.25) is 4.79 Å². The number of hydrogen-bond acceptors (Lipinski definition) is 3. The molecule has 0 spiro atoms. The number of carbonyl (C=O) groups is 1. The van der Waals surface area contributed by atoms with Gasteiger partial charge in [0.05, 0.1) is 4.90 Å². The molecular formula is C12H13NO4S. The van der Waals surface area contributed by atoms with Gasteiger partial charge in [0.2, 0.25) is 10.0 Å². The number of piperidine rings is 1. The molecule has 0 radical (unpaired) electrons. The van der Waals surface area contributed by atoms with Crippen molar-refractivity contribution >= 4 is 16.0 Å². The molecule has 1 N–H and O–H groups in total. The Morgan fingerprint density at radius 3 is 2.56 bits per heavy atom. The summed E-state index contributed by atoms with van der Waals surface area (Å²) in [7, 11) is -3.70. The van der Waals surface area contributed by atoms with Crippen LogP contribution >= 0.6 is 0 Å². The van der Waals surface area contributed by atoms with E-state index in [4.69, 9.17) is 0 Å². The molecule has 1 aliphatic carbocycles. The number of carboxylic acids is 1. The van der Waals surface area contributed by atoms with E-state index in [1.165, 1.54) is 16.4 Å². The van der Waals surface area contributed by atoms with Gasteiger partial charge in [-0.25, -0.2) is 8.42 Å². The van der Waals surface area contributed by atoms with Crippen LogP contribution in [-0.2, 0) is 14.8 Å². The molecule has 5 nitrogen and oxygen atoms in total. The monoisotopic (exact) mass is 267 g/mol. The molecule has 6 heteroatoms. The van der Waals surface area contributed by atoms with E-state index >= 15 is 0 Å². The van der Waals surface area contributed by atoms with Gasteiger partial charge in [-0.05, 0) is 30.9 Å². The van der Waals surface area contributed by atoms with Crippen LogP contribution in [0.25, 0.3) is 0 Å². The second-order valence-electron chi connectivity index (χ2n) is 4.81. The Hall–Kier alpha value is -1.40. The van der Waals surface area contributed by atoms with Gasteiger partial charge in [-0.15, -0.1) is 0 Å². The number of rotatable bonds is 3. The van der Waals surface area contributed by atoms with Crippen molar-refractivity contribution in [2.75, 3.05) is 6.54 Å². The zero-order valence-electron chi connectivity index (χ0n) is 9.61. The Morgan fingerprint density at radius 2 is 2.00 bits per heavy atom. The molecule has 18 heavy (non-hydrogen) atoms. The van der Waals surface area contributed by atoms with Gasteiger partial charge in [0.15, 0.2) is 0 Å². The summed E-state index contributed by atoms with van der Waals surface area (Å²) in [6.45, 7) is 0.300. The van der Waals surface area contributed by atoms with Gasteiger partial charge >= 0.3 is 5.97 Å². The Balaban J connectivity index is 2.04. The molecule has 1 aliphatic heterocycles. The van der Waals surface area contributed by atoms with Gasteiger partial charge in [-0.1, -0.05) is 18.2 Å². The van der Waals surface area contributed by atoms with E-state index in [1.54, 1.807) is 18.2 Å². The third-order valence-corrected chi connectivity index (χ3v) is 5.86. The number of aliphatic carboxylic acids is 1. The first-order valence-electron chi connectivity index (χ1n) is 5.81. The highest BCUT2D eigenvalue weighted by Gasteiger charge is 2.70. The summed E-state index contributed by atoms with van der Waals surface area (Å²) in [6.07, 6.45) is 1.08. The maximum Gasteiger partial charge on any atom is 0.325 e. The van der Waals surface area contributed by atoms with Crippen molar-refractivity contribution in [1.29, 1.82) is 0 Å². The Kier molecular flexibility index (Phi) is 2.30. The number of sulfonamides is 1. The van der Waals surface area contributed by atoms with Crippen molar-refractivity contribution in [1.82, 2.24) is 4.31 Å². The minimum atomic E-state index is -3.70. The fourth-order valence-corrected chi connectivity index (χ4v) is 4.69. The summed E-state index contributed by atoms with van der Waals surface area (Å²) in [4.78, 5) is 11.5. The van der Waals surface area contributed by atoms with Crippen LogP contribution < -0.4 is 0 Å². The predicted octanol–water partition coefficient (Wildman–Crippen LogP) is 0.924. The number of nitrogens with zero attached hydrogens (tertiary/aromatic N) is 1. The summed E-state index contributed by atoms with van der Waals surface area (Å²) in [6, 6.07) is 8.01. The third kappa shape index (κ3) is 1.36. The molecule has 3 rings (SSSR count). The average Bonchev–Trinajstić information content (AvgIpc) is 2.96. The fourth-order valence-electron chi connectivity index (χ4n) is 2.86. The maximum absolute atomic E-state index is 12.4. The van der Waals surface area contributed by atoms with E-state index in [-0.39, 0.29) is 10.8 Å². The Morgan fingerprint density at radius 1 is 1.33 bits per heavy atom. The second-order valence-corrected chi connectivity index (χ2v) is 6.67. The van der Waals surface area contributed by atoms with Gasteiger partial charge < -0.3 is 5.11 Å². The highest BCUT2D eigenvalue weighted by atomic mass is 32.2. The second kappa shape index (κ2) is 3.55. The molecule has 2 fully saturated rings. The summed E-state index contributed by atoms with van der Waals surface area (Å²) in [5.74, 6) is -1.04.